The number of carbonyl (C=O) groups excluding carboxylic acids is 1. The third kappa shape index (κ3) is 5.56. The largest absolute Gasteiger partial charge is 0.573 e. The van der Waals surface area contributed by atoms with Crippen LogP contribution in [0.4, 0.5) is 19.0 Å². The van der Waals surface area contributed by atoms with Crippen molar-refractivity contribution < 1.29 is 22.7 Å². The fraction of sp³-hybridized carbons (Fsp3) is 0.318. The number of anilines is 1. The van der Waals surface area contributed by atoms with Gasteiger partial charge in [-0.05, 0) is 42.5 Å². The van der Waals surface area contributed by atoms with E-state index in [0.29, 0.717) is 25.9 Å². The van der Waals surface area contributed by atoms with Crippen LogP contribution in [-0.4, -0.2) is 35.6 Å². The molecule has 1 aromatic carbocycles. The van der Waals surface area contributed by atoms with E-state index in [1.807, 2.05) is 29.6 Å². The predicted molar refractivity (Wildman–Crippen MR) is 115 cm³/mol. The maximum atomic E-state index is 12.6. The van der Waals surface area contributed by atoms with E-state index in [1.165, 1.54) is 18.2 Å². The lowest BCUT2D eigenvalue weighted by molar-refractivity contribution is -0.274. The Labute approximate surface area is 187 Å². The number of nitrogens with zero attached hydrogens (tertiary/aromatic N) is 3. The van der Waals surface area contributed by atoms with Gasteiger partial charge in [0.2, 0.25) is 5.91 Å². The molecule has 0 unspecified atom stereocenters. The van der Waals surface area contributed by atoms with Crippen molar-refractivity contribution in [2.24, 2.45) is 5.92 Å². The third-order valence-electron chi connectivity index (χ3n) is 5.27. The molecule has 0 saturated carbocycles. The first kappa shape index (κ1) is 22.1. The van der Waals surface area contributed by atoms with E-state index in [2.05, 4.69) is 25.2 Å². The zero-order valence-corrected chi connectivity index (χ0v) is 17.8. The Kier molecular flexibility index (Phi) is 6.59. The number of halogens is 3. The third-order valence-corrected chi connectivity index (χ3v) is 6.16. The number of carbonyl (C=O) groups is 1. The number of para-hydroxylation sites is 1. The minimum atomic E-state index is -4.78. The molecule has 0 aliphatic carbocycles. The summed E-state index contributed by atoms with van der Waals surface area (Å²) in [6, 6.07) is 13.6. The summed E-state index contributed by atoms with van der Waals surface area (Å²) in [6.45, 7) is 1.28. The summed E-state index contributed by atoms with van der Waals surface area (Å²) in [4.78, 5) is 15.7. The molecule has 0 spiro atoms. The van der Waals surface area contributed by atoms with Gasteiger partial charge >= 0.3 is 6.36 Å². The monoisotopic (exact) mass is 462 g/mol. The van der Waals surface area contributed by atoms with Gasteiger partial charge in [0.1, 0.15) is 11.4 Å². The quantitative estimate of drug-likeness (QED) is 0.578. The van der Waals surface area contributed by atoms with Crippen molar-refractivity contribution in [1.82, 2.24) is 15.5 Å². The van der Waals surface area contributed by atoms with Crippen LogP contribution in [0.15, 0.2) is 53.9 Å². The fourth-order valence-electron chi connectivity index (χ4n) is 3.62. The van der Waals surface area contributed by atoms with Gasteiger partial charge in [-0.15, -0.1) is 34.7 Å². The van der Waals surface area contributed by atoms with Crippen LogP contribution in [0.1, 0.15) is 18.4 Å². The van der Waals surface area contributed by atoms with E-state index in [4.69, 9.17) is 0 Å². The Morgan fingerprint density at radius 2 is 1.88 bits per heavy atom. The van der Waals surface area contributed by atoms with Crippen LogP contribution in [0, 0.1) is 5.92 Å². The van der Waals surface area contributed by atoms with E-state index in [1.54, 1.807) is 17.4 Å². The number of hydrogen-bond acceptors (Lipinski definition) is 6. The van der Waals surface area contributed by atoms with E-state index >= 15 is 0 Å². The van der Waals surface area contributed by atoms with Crippen molar-refractivity contribution >= 4 is 23.1 Å². The number of ether oxygens (including phenoxy) is 1. The molecule has 3 heterocycles. The van der Waals surface area contributed by atoms with Crippen LogP contribution in [0.3, 0.4) is 0 Å². The Morgan fingerprint density at radius 1 is 1.09 bits per heavy atom. The lowest BCUT2D eigenvalue weighted by Crippen LogP contribution is -2.40. The summed E-state index contributed by atoms with van der Waals surface area (Å²) >= 11 is 1.60. The Hall–Kier alpha value is -3.14. The topological polar surface area (TPSA) is 67.3 Å². The van der Waals surface area contributed by atoms with Gasteiger partial charge in [0.05, 0.1) is 4.88 Å². The molecule has 32 heavy (non-hydrogen) atoms. The molecule has 2 aromatic heterocycles. The van der Waals surface area contributed by atoms with Gasteiger partial charge < -0.3 is 15.0 Å². The van der Waals surface area contributed by atoms with Crippen molar-refractivity contribution in [3.63, 3.8) is 0 Å². The minimum Gasteiger partial charge on any atom is -0.405 e. The molecule has 168 valence electrons. The number of amides is 1. The number of aromatic nitrogens is 2. The van der Waals surface area contributed by atoms with Crippen molar-refractivity contribution in [2.75, 3.05) is 18.0 Å². The molecule has 1 aliphatic rings. The second-order valence-corrected chi connectivity index (χ2v) is 8.34. The summed E-state index contributed by atoms with van der Waals surface area (Å²) in [7, 11) is 0. The zero-order valence-electron chi connectivity index (χ0n) is 17.0. The van der Waals surface area contributed by atoms with E-state index in [9.17, 15) is 18.0 Å². The second kappa shape index (κ2) is 9.56. The highest BCUT2D eigenvalue weighted by Gasteiger charge is 2.32. The molecule has 0 radical (unpaired) electrons. The van der Waals surface area contributed by atoms with Gasteiger partial charge in [0, 0.05) is 31.1 Å². The van der Waals surface area contributed by atoms with Gasteiger partial charge in [-0.1, -0.05) is 24.3 Å². The van der Waals surface area contributed by atoms with Crippen LogP contribution in [0.25, 0.3) is 10.6 Å². The van der Waals surface area contributed by atoms with Crippen molar-refractivity contribution in [3.05, 3.63) is 59.5 Å². The van der Waals surface area contributed by atoms with Crippen LogP contribution in [-0.2, 0) is 11.3 Å². The SMILES string of the molecule is O=C(NCc1ccccc1OC(F)(F)F)C1CCN(c2ccc(-c3cccs3)nn2)CC1. The molecule has 10 heteroatoms. The first-order valence-corrected chi connectivity index (χ1v) is 11.0. The molecule has 1 fully saturated rings. The van der Waals surface area contributed by atoms with Crippen molar-refractivity contribution in [2.45, 2.75) is 25.7 Å². The Bertz CT molecular complexity index is 1030. The highest BCUT2D eigenvalue weighted by Crippen LogP contribution is 2.27. The number of nitrogens with one attached hydrogen (secondary N) is 1. The van der Waals surface area contributed by atoms with Gasteiger partial charge in [0.15, 0.2) is 5.82 Å². The predicted octanol–water partition coefficient (Wildman–Crippen LogP) is 4.64. The van der Waals surface area contributed by atoms with Gasteiger partial charge in [0.25, 0.3) is 0 Å². The van der Waals surface area contributed by atoms with E-state index < -0.39 is 6.36 Å². The molecule has 1 aliphatic heterocycles. The minimum absolute atomic E-state index is 0.0268. The maximum absolute atomic E-state index is 12.6. The van der Waals surface area contributed by atoms with Crippen molar-refractivity contribution in [1.29, 1.82) is 0 Å². The van der Waals surface area contributed by atoms with Gasteiger partial charge in [-0.25, -0.2) is 0 Å². The first-order chi connectivity index (χ1) is 15.4. The number of piperidine rings is 1. The molecular formula is C22H21F3N4O2S. The Morgan fingerprint density at radius 3 is 2.53 bits per heavy atom. The standard InChI is InChI=1S/C22H21F3N4O2S/c23-22(24,25)31-18-5-2-1-4-16(18)14-26-21(30)15-9-11-29(12-10-15)20-8-7-17(27-28-20)19-6-3-13-32-19/h1-8,13,15H,9-12,14H2,(H,26,30). The highest BCUT2D eigenvalue weighted by atomic mass is 32.1. The lowest BCUT2D eigenvalue weighted by Gasteiger charge is -2.31. The Balaban J connectivity index is 1.29. The van der Waals surface area contributed by atoms with Crippen molar-refractivity contribution in [3.8, 4) is 16.3 Å². The lowest BCUT2D eigenvalue weighted by atomic mass is 9.96. The van der Waals surface area contributed by atoms with Crippen LogP contribution < -0.4 is 15.0 Å². The summed E-state index contributed by atoms with van der Waals surface area (Å²) in [5.74, 6) is 0.0768. The molecule has 6 nitrogen and oxygen atoms in total. The molecule has 1 saturated heterocycles. The summed E-state index contributed by atoms with van der Waals surface area (Å²) in [5.41, 5.74) is 1.10. The van der Waals surface area contributed by atoms with Gasteiger partial charge in [-0.3, -0.25) is 4.79 Å². The molecule has 1 N–H and O–H groups in total. The molecule has 0 bridgehead atoms. The second-order valence-electron chi connectivity index (χ2n) is 7.39. The summed E-state index contributed by atoms with van der Waals surface area (Å²) < 4.78 is 41.7. The average molecular weight is 462 g/mol. The smallest absolute Gasteiger partial charge is 0.405 e. The molecule has 1 amide bonds. The molecule has 4 rings (SSSR count). The number of rotatable bonds is 6. The fourth-order valence-corrected chi connectivity index (χ4v) is 4.31. The molecular weight excluding hydrogens is 441 g/mol. The summed E-state index contributed by atoms with van der Waals surface area (Å²) in [6.07, 6.45) is -3.53. The van der Waals surface area contributed by atoms with E-state index in [0.717, 1.165) is 16.4 Å². The van der Waals surface area contributed by atoms with E-state index in [-0.39, 0.29) is 29.7 Å². The highest BCUT2D eigenvalue weighted by molar-refractivity contribution is 7.13. The average Bonchev–Trinajstić information content (AvgIpc) is 3.33. The first-order valence-electron chi connectivity index (χ1n) is 10.1. The maximum Gasteiger partial charge on any atom is 0.573 e. The number of alkyl halides is 3. The van der Waals surface area contributed by atoms with Crippen LogP contribution >= 0.6 is 11.3 Å². The van der Waals surface area contributed by atoms with Crippen LogP contribution in [0.5, 0.6) is 5.75 Å². The summed E-state index contributed by atoms with van der Waals surface area (Å²) in [5, 5.41) is 13.3. The van der Waals surface area contributed by atoms with Gasteiger partial charge in [-0.2, -0.15) is 0 Å². The number of hydrogen-bond donors (Lipinski definition) is 1. The molecule has 3 aromatic rings. The molecule has 0 atom stereocenters. The number of thiophene rings is 1. The zero-order chi connectivity index (χ0) is 22.6. The van der Waals surface area contributed by atoms with Crippen LogP contribution in [0.2, 0.25) is 0 Å². The number of benzene rings is 1. The normalized spacial score (nSPS) is 14.9.